The van der Waals surface area contributed by atoms with E-state index in [1.807, 2.05) is 30.3 Å². The van der Waals surface area contributed by atoms with Crippen molar-refractivity contribution >= 4 is 28.1 Å². The second-order valence-corrected chi connectivity index (χ2v) is 3.87. The van der Waals surface area contributed by atoms with Gasteiger partial charge in [-0.1, -0.05) is 12.1 Å². The first kappa shape index (κ1) is 9.21. The first-order chi connectivity index (χ1) is 7.81. The summed E-state index contributed by atoms with van der Waals surface area (Å²) < 4.78 is 0. The Bertz CT molecular complexity index is 590. The average molecular weight is 212 g/mol. The summed E-state index contributed by atoms with van der Waals surface area (Å²) in [5, 5.41) is 8.32. The van der Waals surface area contributed by atoms with Crippen LogP contribution in [-0.2, 0) is 0 Å². The lowest BCUT2D eigenvalue weighted by Crippen LogP contribution is -2.03. The van der Waals surface area contributed by atoms with Crippen molar-refractivity contribution in [2.24, 2.45) is 0 Å². The Labute approximate surface area is 93.5 Å². The van der Waals surface area contributed by atoms with Gasteiger partial charge in [-0.25, -0.2) is 0 Å². The molecule has 0 saturated heterocycles. The molecule has 1 aliphatic heterocycles. The summed E-state index contributed by atoms with van der Waals surface area (Å²) in [6.07, 6.45) is 0. The summed E-state index contributed by atoms with van der Waals surface area (Å²) in [7, 11) is 0. The van der Waals surface area contributed by atoms with Crippen molar-refractivity contribution < 1.29 is 4.79 Å². The molecule has 1 amide bonds. The standard InChI is InChI=1S/C13H12N2O/c1-2-14-10-6-7-11-12-8(10)4-3-5-9(12)13(16)15-11/h3-7,14H,2H2,1H3,(H,15,16). The summed E-state index contributed by atoms with van der Waals surface area (Å²) >= 11 is 0. The molecule has 0 bridgehead atoms. The van der Waals surface area contributed by atoms with Crippen molar-refractivity contribution in [2.75, 3.05) is 17.2 Å². The zero-order valence-corrected chi connectivity index (χ0v) is 9.00. The second kappa shape index (κ2) is 3.23. The third kappa shape index (κ3) is 1.11. The van der Waals surface area contributed by atoms with Crippen LogP contribution in [0.5, 0.6) is 0 Å². The van der Waals surface area contributed by atoms with E-state index >= 15 is 0 Å². The molecule has 2 aromatic carbocycles. The molecule has 0 aromatic heterocycles. The minimum absolute atomic E-state index is 0.00533. The maximum Gasteiger partial charge on any atom is 0.256 e. The quantitative estimate of drug-likeness (QED) is 0.803. The molecule has 3 heteroatoms. The largest absolute Gasteiger partial charge is 0.385 e. The van der Waals surface area contributed by atoms with E-state index in [2.05, 4.69) is 17.6 Å². The zero-order chi connectivity index (χ0) is 11.1. The smallest absolute Gasteiger partial charge is 0.256 e. The van der Waals surface area contributed by atoms with E-state index in [-0.39, 0.29) is 5.91 Å². The maximum absolute atomic E-state index is 11.7. The van der Waals surface area contributed by atoms with Crippen molar-refractivity contribution in [3.63, 3.8) is 0 Å². The van der Waals surface area contributed by atoms with Crippen LogP contribution in [0.15, 0.2) is 30.3 Å². The third-order valence-electron chi connectivity index (χ3n) is 2.90. The Balaban J connectivity index is 2.36. The minimum Gasteiger partial charge on any atom is -0.385 e. The topological polar surface area (TPSA) is 41.1 Å². The van der Waals surface area contributed by atoms with Crippen molar-refractivity contribution in [1.82, 2.24) is 0 Å². The predicted molar refractivity (Wildman–Crippen MR) is 66.1 cm³/mol. The molecule has 0 aliphatic carbocycles. The minimum atomic E-state index is -0.00533. The number of hydrogen-bond acceptors (Lipinski definition) is 2. The fourth-order valence-electron chi connectivity index (χ4n) is 2.23. The number of nitrogens with one attached hydrogen (secondary N) is 2. The van der Waals surface area contributed by atoms with Crippen LogP contribution in [0.1, 0.15) is 17.3 Å². The normalized spacial score (nSPS) is 12.9. The van der Waals surface area contributed by atoms with Crippen LogP contribution in [0.4, 0.5) is 11.4 Å². The lowest BCUT2D eigenvalue weighted by molar-refractivity contribution is 0.103. The van der Waals surface area contributed by atoms with Gasteiger partial charge in [0.1, 0.15) is 0 Å². The van der Waals surface area contributed by atoms with E-state index in [1.54, 1.807) is 0 Å². The van der Waals surface area contributed by atoms with Crippen LogP contribution in [0, 0.1) is 0 Å². The SMILES string of the molecule is CCNc1ccc2c3c(cccc13)C(=O)N2. The second-order valence-electron chi connectivity index (χ2n) is 3.87. The number of benzene rings is 2. The highest BCUT2D eigenvalue weighted by Crippen LogP contribution is 2.36. The van der Waals surface area contributed by atoms with Gasteiger partial charge in [-0.15, -0.1) is 0 Å². The first-order valence-electron chi connectivity index (χ1n) is 5.42. The van der Waals surface area contributed by atoms with E-state index in [9.17, 15) is 4.79 Å². The number of amides is 1. The molecular formula is C13H12N2O. The fraction of sp³-hybridized carbons (Fsp3) is 0.154. The van der Waals surface area contributed by atoms with E-state index in [0.29, 0.717) is 0 Å². The van der Waals surface area contributed by atoms with Crippen LogP contribution >= 0.6 is 0 Å². The number of carbonyl (C=O) groups is 1. The molecule has 2 aromatic rings. The molecule has 1 aliphatic rings. The van der Waals surface area contributed by atoms with Crippen molar-refractivity contribution in [1.29, 1.82) is 0 Å². The molecule has 0 unspecified atom stereocenters. The third-order valence-corrected chi connectivity index (χ3v) is 2.90. The Kier molecular flexibility index (Phi) is 1.86. The van der Waals surface area contributed by atoms with E-state index < -0.39 is 0 Å². The van der Waals surface area contributed by atoms with E-state index in [1.165, 1.54) is 0 Å². The van der Waals surface area contributed by atoms with Gasteiger partial charge in [0.05, 0.1) is 0 Å². The fourth-order valence-corrected chi connectivity index (χ4v) is 2.23. The van der Waals surface area contributed by atoms with Crippen LogP contribution < -0.4 is 10.6 Å². The van der Waals surface area contributed by atoms with Crippen LogP contribution in [0.2, 0.25) is 0 Å². The Morgan fingerprint density at radius 2 is 2.12 bits per heavy atom. The molecule has 1 heterocycles. The molecular weight excluding hydrogens is 200 g/mol. The molecule has 2 N–H and O–H groups in total. The molecule has 0 spiro atoms. The van der Waals surface area contributed by atoms with Crippen LogP contribution in [-0.4, -0.2) is 12.5 Å². The number of carbonyl (C=O) groups excluding carboxylic acids is 1. The summed E-state index contributed by atoms with van der Waals surface area (Å²) in [5.41, 5.74) is 2.77. The van der Waals surface area contributed by atoms with Gasteiger partial charge in [0, 0.05) is 34.3 Å². The summed E-state index contributed by atoms with van der Waals surface area (Å²) in [6.45, 7) is 2.94. The van der Waals surface area contributed by atoms with E-state index in [0.717, 1.165) is 34.3 Å². The summed E-state index contributed by atoms with van der Waals surface area (Å²) in [5.74, 6) is -0.00533. The van der Waals surface area contributed by atoms with Crippen LogP contribution in [0.25, 0.3) is 10.8 Å². The molecule has 0 saturated carbocycles. The lowest BCUT2D eigenvalue weighted by Gasteiger charge is -2.08. The van der Waals surface area contributed by atoms with Gasteiger partial charge in [0.25, 0.3) is 5.91 Å². The van der Waals surface area contributed by atoms with Gasteiger partial charge < -0.3 is 10.6 Å². The van der Waals surface area contributed by atoms with Gasteiger partial charge in [-0.2, -0.15) is 0 Å². The van der Waals surface area contributed by atoms with Crippen molar-refractivity contribution in [3.8, 4) is 0 Å². The lowest BCUT2D eigenvalue weighted by atomic mass is 10.0. The van der Waals surface area contributed by atoms with Gasteiger partial charge in [-0.05, 0) is 25.1 Å². The van der Waals surface area contributed by atoms with Crippen molar-refractivity contribution in [2.45, 2.75) is 6.92 Å². The Morgan fingerprint density at radius 1 is 1.25 bits per heavy atom. The molecule has 3 nitrogen and oxygen atoms in total. The highest BCUT2D eigenvalue weighted by Gasteiger charge is 2.21. The number of anilines is 2. The summed E-state index contributed by atoms with van der Waals surface area (Å²) in [4.78, 5) is 11.7. The Hall–Kier alpha value is -2.03. The molecule has 0 atom stereocenters. The van der Waals surface area contributed by atoms with Crippen LogP contribution in [0.3, 0.4) is 0 Å². The van der Waals surface area contributed by atoms with Gasteiger partial charge in [0.2, 0.25) is 0 Å². The predicted octanol–water partition coefficient (Wildman–Crippen LogP) is 2.84. The number of hydrogen-bond donors (Lipinski definition) is 2. The highest BCUT2D eigenvalue weighted by atomic mass is 16.1. The zero-order valence-electron chi connectivity index (χ0n) is 9.00. The molecule has 0 fully saturated rings. The van der Waals surface area contributed by atoms with Gasteiger partial charge >= 0.3 is 0 Å². The summed E-state index contributed by atoms with van der Waals surface area (Å²) in [6, 6.07) is 9.79. The molecule has 16 heavy (non-hydrogen) atoms. The van der Waals surface area contributed by atoms with Gasteiger partial charge in [0.15, 0.2) is 0 Å². The Morgan fingerprint density at radius 3 is 2.94 bits per heavy atom. The van der Waals surface area contributed by atoms with Gasteiger partial charge in [-0.3, -0.25) is 4.79 Å². The molecule has 0 radical (unpaired) electrons. The highest BCUT2D eigenvalue weighted by molar-refractivity contribution is 6.25. The average Bonchev–Trinajstić information content (AvgIpc) is 2.62. The molecule has 3 rings (SSSR count). The monoisotopic (exact) mass is 212 g/mol. The first-order valence-corrected chi connectivity index (χ1v) is 5.42. The van der Waals surface area contributed by atoms with Crippen molar-refractivity contribution in [3.05, 3.63) is 35.9 Å². The number of rotatable bonds is 2. The van der Waals surface area contributed by atoms with E-state index in [4.69, 9.17) is 0 Å². The molecule has 80 valence electrons. The maximum atomic E-state index is 11.7.